The summed E-state index contributed by atoms with van der Waals surface area (Å²) < 4.78 is 6.06. The van der Waals surface area contributed by atoms with E-state index in [1.807, 2.05) is 24.4 Å². The molecule has 0 spiro atoms. The lowest BCUT2D eigenvalue weighted by molar-refractivity contribution is 0.413. The van der Waals surface area contributed by atoms with Crippen LogP contribution in [0.15, 0.2) is 36.7 Å². The van der Waals surface area contributed by atoms with Gasteiger partial charge in [-0.2, -0.15) is 0 Å². The Morgan fingerprint density at radius 2 is 1.76 bits per heavy atom. The molecule has 3 nitrogen and oxygen atoms in total. The fourth-order valence-electron chi connectivity index (χ4n) is 2.13. The topological polar surface area (TPSA) is 34.1 Å². The van der Waals surface area contributed by atoms with Gasteiger partial charge in [-0.1, -0.05) is 6.07 Å². The third-order valence-corrected chi connectivity index (χ3v) is 3.09. The molecule has 3 heteroatoms. The van der Waals surface area contributed by atoms with Crippen molar-refractivity contribution in [3.05, 3.63) is 53.3 Å². The highest BCUT2D eigenvalue weighted by atomic mass is 16.5. The minimum atomic E-state index is 0.0625. The molecule has 2 rings (SSSR count). The van der Waals surface area contributed by atoms with Gasteiger partial charge in [-0.05, 0) is 63.9 Å². The fraction of sp³-hybridized carbons (Fsp3) is 0.389. The summed E-state index contributed by atoms with van der Waals surface area (Å²) in [6, 6.07) is 8.15. The molecular formula is C18H24N2O. The van der Waals surface area contributed by atoms with Crippen molar-refractivity contribution in [1.29, 1.82) is 0 Å². The smallest absolute Gasteiger partial charge is 0.134 e. The van der Waals surface area contributed by atoms with Crippen molar-refractivity contribution in [1.82, 2.24) is 10.3 Å². The van der Waals surface area contributed by atoms with Crippen LogP contribution in [0.2, 0.25) is 0 Å². The molecule has 0 aliphatic heterocycles. The number of nitrogens with one attached hydrogen (secondary N) is 1. The van der Waals surface area contributed by atoms with Gasteiger partial charge in [0.05, 0.1) is 0 Å². The molecular weight excluding hydrogens is 260 g/mol. The minimum absolute atomic E-state index is 0.0625. The third kappa shape index (κ3) is 4.87. The molecule has 0 bridgehead atoms. The molecule has 0 atom stereocenters. The molecule has 0 unspecified atom stereocenters. The standard InChI is InChI=1S/C18H24N2O/c1-13-8-14(2)10-16(9-13)21-17-6-7-19-11-15(17)12-20-18(3,4)5/h6-11,20H,12H2,1-5H3. The molecule has 0 aliphatic carbocycles. The normalized spacial score (nSPS) is 11.5. The van der Waals surface area contributed by atoms with Gasteiger partial charge in [0.25, 0.3) is 0 Å². The van der Waals surface area contributed by atoms with E-state index in [1.54, 1.807) is 6.20 Å². The molecule has 1 aromatic carbocycles. The molecule has 0 amide bonds. The summed E-state index contributed by atoms with van der Waals surface area (Å²) in [5.74, 6) is 1.72. The summed E-state index contributed by atoms with van der Waals surface area (Å²) in [6.07, 6.45) is 3.62. The van der Waals surface area contributed by atoms with E-state index in [9.17, 15) is 0 Å². The van der Waals surface area contributed by atoms with E-state index < -0.39 is 0 Å². The number of aromatic nitrogens is 1. The van der Waals surface area contributed by atoms with Crippen LogP contribution in [0.1, 0.15) is 37.5 Å². The molecule has 21 heavy (non-hydrogen) atoms. The van der Waals surface area contributed by atoms with Crippen molar-refractivity contribution in [2.24, 2.45) is 0 Å². The van der Waals surface area contributed by atoms with E-state index in [1.165, 1.54) is 11.1 Å². The molecule has 1 N–H and O–H groups in total. The van der Waals surface area contributed by atoms with Crippen LogP contribution in [0, 0.1) is 13.8 Å². The van der Waals surface area contributed by atoms with Crippen LogP contribution < -0.4 is 10.1 Å². The average molecular weight is 284 g/mol. The minimum Gasteiger partial charge on any atom is -0.457 e. The van der Waals surface area contributed by atoms with Gasteiger partial charge >= 0.3 is 0 Å². The van der Waals surface area contributed by atoms with Gasteiger partial charge in [0.15, 0.2) is 0 Å². The van der Waals surface area contributed by atoms with Crippen molar-refractivity contribution >= 4 is 0 Å². The maximum Gasteiger partial charge on any atom is 0.134 e. The molecule has 1 heterocycles. The van der Waals surface area contributed by atoms with E-state index in [-0.39, 0.29) is 5.54 Å². The highest BCUT2D eigenvalue weighted by molar-refractivity contribution is 5.39. The predicted octanol–water partition coefficient (Wildman–Crippen LogP) is 4.38. The second-order valence-corrected chi connectivity index (χ2v) is 6.51. The van der Waals surface area contributed by atoms with Crippen LogP contribution in [-0.4, -0.2) is 10.5 Å². The average Bonchev–Trinajstić information content (AvgIpc) is 2.35. The van der Waals surface area contributed by atoms with Crippen molar-refractivity contribution in [3.8, 4) is 11.5 Å². The second kappa shape index (κ2) is 6.27. The monoisotopic (exact) mass is 284 g/mol. The number of rotatable bonds is 4. The Labute approximate surface area is 127 Å². The Bertz CT molecular complexity index is 595. The first kappa shape index (κ1) is 15.5. The lowest BCUT2D eigenvalue weighted by Crippen LogP contribution is -2.35. The lowest BCUT2D eigenvalue weighted by atomic mass is 10.1. The Morgan fingerprint density at radius 3 is 2.38 bits per heavy atom. The van der Waals surface area contributed by atoms with Crippen LogP contribution in [0.3, 0.4) is 0 Å². The van der Waals surface area contributed by atoms with Crippen molar-refractivity contribution in [2.45, 2.75) is 46.7 Å². The maximum absolute atomic E-state index is 6.06. The van der Waals surface area contributed by atoms with Gasteiger partial charge in [0.1, 0.15) is 11.5 Å². The third-order valence-electron chi connectivity index (χ3n) is 3.09. The van der Waals surface area contributed by atoms with E-state index in [2.05, 4.69) is 51.0 Å². The number of hydrogen-bond acceptors (Lipinski definition) is 3. The number of hydrogen-bond donors (Lipinski definition) is 1. The number of nitrogens with zero attached hydrogens (tertiary/aromatic N) is 1. The van der Waals surface area contributed by atoms with Crippen molar-refractivity contribution < 1.29 is 4.74 Å². The van der Waals surface area contributed by atoms with Crippen molar-refractivity contribution in [3.63, 3.8) is 0 Å². The lowest BCUT2D eigenvalue weighted by Gasteiger charge is -2.21. The van der Waals surface area contributed by atoms with Crippen molar-refractivity contribution in [2.75, 3.05) is 0 Å². The summed E-state index contributed by atoms with van der Waals surface area (Å²) in [5.41, 5.74) is 3.53. The molecule has 112 valence electrons. The van der Waals surface area contributed by atoms with Gasteiger partial charge in [-0.25, -0.2) is 0 Å². The van der Waals surface area contributed by atoms with Crippen LogP contribution in [0.25, 0.3) is 0 Å². The summed E-state index contributed by atoms with van der Waals surface area (Å²) in [6.45, 7) is 11.3. The van der Waals surface area contributed by atoms with Crippen LogP contribution in [-0.2, 0) is 6.54 Å². The Kier molecular flexibility index (Phi) is 4.63. The number of aryl methyl sites for hydroxylation is 2. The highest BCUT2D eigenvalue weighted by Crippen LogP contribution is 2.26. The number of benzene rings is 1. The molecule has 0 radical (unpaired) electrons. The van der Waals surface area contributed by atoms with Crippen LogP contribution in [0.5, 0.6) is 11.5 Å². The number of ether oxygens (including phenoxy) is 1. The van der Waals surface area contributed by atoms with E-state index in [0.29, 0.717) is 0 Å². The van der Waals surface area contributed by atoms with Gasteiger partial charge in [-0.3, -0.25) is 4.98 Å². The maximum atomic E-state index is 6.06. The van der Waals surface area contributed by atoms with Crippen LogP contribution >= 0.6 is 0 Å². The molecule has 0 aliphatic rings. The Morgan fingerprint density at radius 1 is 1.10 bits per heavy atom. The second-order valence-electron chi connectivity index (χ2n) is 6.51. The fourth-order valence-corrected chi connectivity index (χ4v) is 2.13. The van der Waals surface area contributed by atoms with Gasteiger partial charge in [0, 0.05) is 30.0 Å². The zero-order valence-electron chi connectivity index (χ0n) is 13.5. The van der Waals surface area contributed by atoms with E-state index in [4.69, 9.17) is 4.74 Å². The summed E-state index contributed by atoms with van der Waals surface area (Å²) in [7, 11) is 0. The first-order valence-electron chi connectivity index (χ1n) is 7.27. The first-order chi connectivity index (χ1) is 9.83. The zero-order chi connectivity index (χ0) is 15.5. The number of pyridine rings is 1. The molecule has 1 aromatic heterocycles. The largest absolute Gasteiger partial charge is 0.457 e. The highest BCUT2D eigenvalue weighted by Gasteiger charge is 2.11. The summed E-state index contributed by atoms with van der Waals surface area (Å²) in [5, 5.41) is 3.47. The summed E-state index contributed by atoms with van der Waals surface area (Å²) >= 11 is 0. The quantitative estimate of drug-likeness (QED) is 0.904. The predicted molar refractivity (Wildman–Crippen MR) is 86.8 cm³/mol. The van der Waals surface area contributed by atoms with Gasteiger partial charge < -0.3 is 10.1 Å². The Balaban J connectivity index is 2.20. The van der Waals surface area contributed by atoms with E-state index >= 15 is 0 Å². The molecule has 0 fully saturated rings. The zero-order valence-corrected chi connectivity index (χ0v) is 13.5. The van der Waals surface area contributed by atoms with Gasteiger partial charge in [0.2, 0.25) is 0 Å². The summed E-state index contributed by atoms with van der Waals surface area (Å²) in [4.78, 5) is 4.20. The molecule has 0 saturated carbocycles. The van der Waals surface area contributed by atoms with Crippen LogP contribution in [0.4, 0.5) is 0 Å². The SMILES string of the molecule is Cc1cc(C)cc(Oc2ccncc2CNC(C)(C)C)c1. The molecule has 2 aromatic rings. The Hall–Kier alpha value is -1.87. The van der Waals surface area contributed by atoms with Gasteiger partial charge in [-0.15, -0.1) is 0 Å². The molecule has 0 saturated heterocycles. The van der Waals surface area contributed by atoms with E-state index in [0.717, 1.165) is 23.6 Å². The first-order valence-corrected chi connectivity index (χ1v) is 7.27.